The number of H-pyrrole nitrogens is 1. The van der Waals surface area contributed by atoms with E-state index in [9.17, 15) is 107 Å². The Balaban J connectivity index is 0.000000209. The Bertz CT molecular complexity index is 6550. The third-order valence-electron chi connectivity index (χ3n) is 24.3. The lowest BCUT2D eigenvalue weighted by molar-refractivity contribution is -0.247. The van der Waals surface area contributed by atoms with Crippen molar-refractivity contribution in [3.8, 4) is 17.2 Å². The number of aliphatic hydroxyl groups is 5. The van der Waals surface area contributed by atoms with Crippen molar-refractivity contribution in [2.45, 2.75) is 235 Å². The summed E-state index contributed by atoms with van der Waals surface area (Å²) in [4.78, 5) is 204. The summed E-state index contributed by atoms with van der Waals surface area (Å²) in [5.74, 6) is -10.4. The average molecular weight is 2110 g/mol. The highest BCUT2D eigenvalue weighted by atomic mass is 31.2. The summed E-state index contributed by atoms with van der Waals surface area (Å²) in [6.45, 7) is 11.4. The Kier molecular flexibility index (Phi) is 40.9. The SMILES string of the molecule is CCC(Cc1cnc2nc(=N)[nH]c(N)c2n1)c1ccc(C(=O)N[C@@H](CCC(=O)O)C(=O)O)cc1.CCCCCN(C)CCC(O)(P(=O)(O)O)P(=O)(O)O.CCCCCOC(=O)Nc1nc(=O)n([C@@H]2O[C@H](C)[C@@H](O)[C@H]2O)cc1F.COc1cccc2c1C(=O)c1c(O)c3c(c(O)c1C2=O)C[C@@](O)(C(C)=O)C[C@@H]3O[C@H]1C[C@H](N)[C@H](O)[C@H](C)O1.Nc1nc(N)c2nc(CNc3ccc(C(=O)NC(CCC(=O)O)C(=O)O)cc3)cnc2n1. The number of aromatic nitrogens is 10. The number of hydrogen-bond donors (Lipinski definition) is 25. The van der Waals surface area contributed by atoms with Crippen LogP contribution in [0.1, 0.15) is 230 Å². The van der Waals surface area contributed by atoms with Gasteiger partial charge < -0.3 is 148 Å². The van der Waals surface area contributed by atoms with Crippen LogP contribution in [0.4, 0.5) is 38.3 Å². The van der Waals surface area contributed by atoms with E-state index in [0.717, 1.165) is 54.9 Å². The Morgan fingerprint density at radius 3 is 1.83 bits per heavy atom. The molecule has 2 saturated heterocycles. The van der Waals surface area contributed by atoms with E-state index in [0.29, 0.717) is 54.0 Å². The quantitative estimate of drug-likeness (QED) is 0.0149. The molecule has 29 N–H and O–H groups in total. The first-order valence-corrected chi connectivity index (χ1v) is 49.5. The van der Waals surface area contributed by atoms with Crippen LogP contribution in [0.15, 0.2) is 90.1 Å². The van der Waals surface area contributed by atoms with E-state index in [1.54, 1.807) is 61.5 Å². The van der Waals surface area contributed by atoms with Gasteiger partial charge in [-0.3, -0.25) is 58.0 Å². The zero-order chi connectivity index (χ0) is 110. The molecule has 0 bridgehead atoms. The number of ketones is 3. The monoisotopic (exact) mass is 2110 g/mol. The molecule has 0 spiro atoms. The third kappa shape index (κ3) is 29.7. The first kappa shape index (κ1) is 117. The molecule has 9 aromatic rings. The predicted octanol–water partition coefficient (Wildman–Crippen LogP) is 3.73. The van der Waals surface area contributed by atoms with Gasteiger partial charge in [-0.25, -0.2) is 43.5 Å². The molecule has 4 aliphatic rings. The average Bonchev–Trinajstić information content (AvgIpc) is 0.798. The Morgan fingerprint density at radius 2 is 1.28 bits per heavy atom. The summed E-state index contributed by atoms with van der Waals surface area (Å²) >= 11 is 0. The lowest BCUT2D eigenvalue weighted by atomic mass is 9.72. The van der Waals surface area contributed by atoms with Gasteiger partial charge in [0.1, 0.15) is 58.5 Å². The number of amides is 3. The molecule has 802 valence electrons. The van der Waals surface area contributed by atoms with Crippen molar-refractivity contribution >= 4 is 126 Å². The van der Waals surface area contributed by atoms with Crippen molar-refractivity contribution in [3.63, 3.8) is 0 Å². The molecule has 56 heteroatoms. The fourth-order valence-electron chi connectivity index (χ4n) is 15.9. The number of methoxy groups -OCH3 is 1. The Morgan fingerprint density at radius 1 is 0.716 bits per heavy atom. The number of nitrogens with one attached hydrogen (secondary N) is 6. The number of nitrogen functional groups attached to an aromatic ring is 3. The number of nitrogens with two attached hydrogens (primary N) is 4. The van der Waals surface area contributed by atoms with Crippen molar-refractivity contribution < 1.29 is 161 Å². The second kappa shape index (κ2) is 51.5. The van der Waals surface area contributed by atoms with Gasteiger partial charge in [-0.15, -0.1) is 0 Å². The molecule has 2 aliphatic heterocycles. The number of aromatic hydroxyl groups is 2. The van der Waals surface area contributed by atoms with Crippen molar-refractivity contribution in [1.82, 2.24) is 65.0 Å². The van der Waals surface area contributed by atoms with Crippen LogP contribution < -0.4 is 60.2 Å². The number of anilines is 5. The van der Waals surface area contributed by atoms with Crippen LogP contribution in [0.3, 0.4) is 0 Å². The molecule has 13 rings (SSSR count). The molecule has 2 unspecified atom stereocenters. The lowest BCUT2D eigenvalue weighted by Gasteiger charge is -2.42. The van der Waals surface area contributed by atoms with Gasteiger partial charge in [0.05, 0.1) is 91.3 Å². The number of ether oxygens (including phenoxy) is 5. The van der Waals surface area contributed by atoms with Gasteiger partial charge in [-0.2, -0.15) is 19.9 Å². The van der Waals surface area contributed by atoms with E-state index in [-0.39, 0.29) is 131 Å². The minimum absolute atomic E-state index is 0.0101. The molecule has 148 heavy (non-hydrogen) atoms. The highest BCUT2D eigenvalue weighted by Crippen LogP contribution is 2.69. The number of phenols is 2. The summed E-state index contributed by atoms with van der Waals surface area (Å²) < 4.78 is 64.2. The molecule has 2 fully saturated rings. The molecule has 7 heterocycles. The number of fused-ring (bicyclic) bond motifs is 5. The fraction of sp³-hybridized carbons (Fsp3) is 0.457. The van der Waals surface area contributed by atoms with Crippen molar-refractivity contribution in [1.29, 1.82) is 5.41 Å². The van der Waals surface area contributed by atoms with E-state index in [1.807, 2.05) is 20.8 Å². The second-order valence-corrected chi connectivity index (χ2v) is 39.1. The van der Waals surface area contributed by atoms with Crippen LogP contribution in [0, 0.1) is 11.2 Å². The number of carboxylic acids is 4. The normalized spacial score (nSPS) is 19.4. The van der Waals surface area contributed by atoms with Crippen LogP contribution in [0.5, 0.6) is 17.2 Å². The molecule has 0 radical (unpaired) electrons. The summed E-state index contributed by atoms with van der Waals surface area (Å²) in [7, 11) is -7.66. The molecule has 4 aromatic carbocycles. The number of carbonyl (C=O) groups is 10. The molecule has 0 saturated carbocycles. The van der Waals surface area contributed by atoms with Crippen LogP contribution in [-0.4, -0.2) is 289 Å². The molecule has 3 amide bonds. The van der Waals surface area contributed by atoms with E-state index in [1.165, 1.54) is 57.5 Å². The smallest absolute Gasteiger partial charge is 0.412 e. The summed E-state index contributed by atoms with van der Waals surface area (Å²) in [6.07, 6.45) is -1.29. The van der Waals surface area contributed by atoms with Crippen molar-refractivity contribution in [2.24, 2.45) is 5.73 Å². The van der Waals surface area contributed by atoms with E-state index >= 15 is 0 Å². The number of nitrogens with zero attached hydrogens (tertiary/aromatic N) is 10. The van der Waals surface area contributed by atoms with Gasteiger partial charge in [-0.1, -0.05) is 70.7 Å². The summed E-state index contributed by atoms with van der Waals surface area (Å²) in [6, 6.07) is 14.2. The maximum absolute atomic E-state index is 14.1. The summed E-state index contributed by atoms with van der Waals surface area (Å²) in [5.41, 5.74) is 23.9. The van der Waals surface area contributed by atoms with Crippen molar-refractivity contribution in [2.75, 3.05) is 61.7 Å². The zero-order valence-corrected chi connectivity index (χ0v) is 83.1. The Labute approximate surface area is 841 Å². The molecule has 2 aliphatic carbocycles. The maximum atomic E-state index is 14.1. The number of rotatable bonds is 38. The maximum Gasteiger partial charge on any atom is 0.412 e. The van der Waals surface area contributed by atoms with Gasteiger partial charge in [0, 0.05) is 84.6 Å². The number of Topliss-reactive ketones (excluding diaryl/α,β-unsaturated/α-hetero) is 1. The number of aliphatic hydroxyl groups excluding tert-OH is 3. The van der Waals surface area contributed by atoms with E-state index < -0.39 is 205 Å². The van der Waals surface area contributed by atoms with E-state index in [2.05, 4.69) is 66.1 Å². The van der Waals surface area contributed by atoms with Crippen LogP contribution in [-0.2, 0) is 71.4 Å². The molecule has 13 atom stereocenters. The first-order chi connectivity index (χ1) is 69.6. The molecule has 53 nitrogen and oxygen atoms in total. The standard InChI is InChI=1S/C27H29NO10.C22H25N7O5.C19H20N8O5.C15H22FN3O6.C9H23NO7P2/c1-10-22(30)14(28)7-17(37-10)38-16-9-27(35,11(2)29)8-13-19(16)26(34)21-20(24(13)32)23(31)12-5-4-6-15(36-3)18(12)25(21)33;1-2-11(9-14-10-25-19-17(26-14)18(23)28-22(24)29-19)12-3-5-13(6-4-12)20(32)27-15(21(33)34)7-8-16(30)31;20-15-14-16(27-19(21)26-15)23-8-11(24-14)7-22-10-3-1-9(2-4-10)17(30)25-12(18(31)32)5-6-13(28)29;1-3-4-5-6-24-15(23)18-12-9(16)7-19(14(22)17-12)13-11(21)10(20)8(2)25-13;1-3-4-5-7-10(2)8-6-9(11,18(12,13)14)19(15,16)17/h4-6,10,14,16-17,22,30,32,34-35H,7-9,28H2,1-3H3;3-6,10-11,15H,2,7-9H2,1H3,(H,27,32)(H,30,31)(H,33,34)(H4,23,24,25,28,29);1-4,8,12,22H,5-7H2,(H,25,30)(H,28,29)(H,31,32)(H4,20,21,23,26,27);7-8,10-11,13,20-21H,3-6H2,1-2H3,(H,17,18,22,23);11H,3-8H2,1-2H3,(H2,12,13,14)(H2,15,16,17)/t10-,14-,16-,17-,22+,27-;11?,15-;;8-,10-,11-,13-;/m00.1./s1. The molecular weight excluding hydrogens is 1990 g/mol. The minimum atomic E-state index is -5.33. The topological polar surface area (TPSA) is 875 Å². The van der Waals surface area contributed by atoms with Gasteiger partial charge in [0.25, 0.3) is 16.9 Å². The number of aliphatic carboxylic acids is 4. The number of aromatic amines is 1. The molecule has 5 aromatic heterocycles. The highest BCUT2D eigenvalue weighted by Gasteiger charge is 2.59. The number of phenolic OH excluding ortho intramolecular Hbond substituents is 2. The highest BCUT2D eigenvalue weighted by molar-refractivity contribution is 7.72. The first-order valence-electron chi connectivity index (χ1n) is 46.3. The third-order valence-corrected chi connectivity index (χ3v) is 28.2. The number of carbonyl (C=O) groups excluding carboxylic acids is 6. The zero-order valence-electron chi connectivity index (χ0n) is 81.3. The van der Waals surface area contributed by atoms with Crippen LogP contribution in [0.2, 0.25) is 0 Å². The van der Waals surface area contributed by atoms with Crippen molar-refractivity contribution in [3.05, 3.63) is 169 Å². The molecular formula is C92H119FN20O33P2. The largest absolute Gasteiger partial charge is 0.507 e. The number of unbranched alkanes of at least 4 members (excludes halogenated alkanes) is 4. The predicted molar refractivity (Wildman–Crippen MR) is 520 cm³/mol. The lowest BCUT2D eigenvalue weighted by Crippen LogP contribution is -2.52. The van der Waals surface area contributed by atoms with Gasteiger partial charge >= 0.3 is 50.9 Å². The van der Waals surface area contributed by atoms with Crippen LogP contribution >= 0.6 is 15.2 Å². The fourth-order valence-corrected chi connectivity index (χ4v) is 18.1. The number of carboxylic acid groups (broad SMARTS) is 4. The Hall–Kier alpha value is -14.1. The minimum Gasteiger partial charge on any atom is -0.507 e. The number of benzene rings is 4. The summed E-state index contributed by atoms with van der Waals surface area (Å²) in [5, 5.41) is 123. The van der Waals surface area contributed by atoms with Gasteiger partial charge in [-0.05, 0) is 127 Å². The van der Waals surface area contributed by atoms with Crippen LogP contribution in [0.25, 0.3) is 22.3 Å². The number of hydrogen-bond acceptors (Lipinski definition) is 40. The second-order valence-electron chi connectivity index (χ2n) is 35.1. The van der Waals surface area contributed by atoms with Gasteiger partial charge in [0.2, 0.25) is 17.3 Å². The number of halogens is 1. The van der Waals surface area contributed by atoms with Gasteiger partial charge in [0.15, 0.2) is 58.3 Å². The van der Waals surface area contributed by atoms with E-state index in [4.69, 9.17) is 86.9 Å².